The molecule has 4 N–H and O–H groups in total. The number of fused-ring (bicyclic) bond motifs is 1. The Morgan fingerprint density at radius 2 is 1.90 bits per heavy atom. The smallest absolute Gasteiger partial charge is 0.264 e. The summed E-state index contributed by atoms with van der Waals surface area (Å²) >= 11 is 0. The number of ether oxygens (including phenoxy) is 1. The molecule has 1 fully saturated rings. The van der Waals surface area contributed by atoms with Crippen molar-refractivity contribution < 1.29 is 23.9 Å². The highest BCUT2D eigenvalue weighted by Gasteiger charge is 2.45. The number of carbonyl (C=O) groups excluding carboxylic acids is 4. The highest BCUT2D eigenvalue weighted by atomic mass is 35.5. The third-order valence-electron chi connectivity index (χ3n) is 4.74. The predicted octanol–water partition coefficient (Wildman–Crippen LogP) is 0.677. The average Bonchev–Trinajstić information content (AvgIpc) is 2.93. The van der Waals surface area contributed by atoms with Crippen LogP contribution >= 0.6 is 12.4 Å². The molecule has 2 aliphatic heterocycles. The molecule has 0 spiro atoms. The van der Waals surface area contributed by atoms with E-state index >= 15 is 0 Å². The first-order chi connectivity index (χ1) is 13.5. The van der Waals surface area contributed by atoms with Gasteiger partial charge in [0.2, 0.25) is 11.8 Å². The lowest BCUT2D eigenvalue weighted by atomic mass is 10.0. The summed E-state index contributed by atoms with van der Waals surface area (Å²) in [6, 6.07) is 4.03. The van der Waals surface area contributed by atoms with Gasteiger partial charge >= 0.3 is 0 Å². The van der Waals surface area contributed by atoms with Crippen LogP contribution in [0.3, 0.4) is 0 Å². The molecule has 2 heterocycles. The number of hydrogen-bond acceptors (Lipinski definition) is 7. The van der Waals surface area contributed by atoms with Crippen LogP contribution in [0.5, 0.6) is 0 Å². The summed E-state index contributed by atoms with van der Waals surface area (Å²) in [6.45, 7) is 2.34. The van der Waals surface area contributed by atoms with E-state index in [1.165, 1.54) is 0 Å². The maximum Gasteiger partial charge on any atom is 0.264 e. The van der Waals surface area contributed by atoms with Gasteiger partial charge in [-0.25, -0.2) is 0 Å². The summed E-state index contributed by atoms with van der Waals surface area (Å²) in [6.07, 6.45) is 1.78. The Kier molecular flexibility index (Phi) is 8.12. The van der Waals surface area contributed by atoms with E-state index in [0.29, 0.717) is 32.0 Å². The van der Waals surface area contributed by atoms with Gasteiger partial charge in [-0.1, -0.05) is 6.07 Å². The SMILES string of the molecule is Cl.NCCCOCCCNc1cccc2c1C(=O)N(C1CCC(=O)NC1=O)C2=O. The molecule has 0 radical (unpaired) electrons. The fourth-order valence-electron chi connectivity index (χ4n) is 3.35. The van der Waals surface area contributed by atoms with Gasteiger partial charge in [0.05, 0.1) is 11.1 Å². The predicted molar refractivity (Wildman–Crippen MR) is 108 cm³/mol. The molecule has 3 rings (SSSR count). The van der Waals surface area contributed by atoms with E-state index in [0.717, 1.165) is 17.7 Å². The third kappa shape index (κ3) is 4.92. The number of anilines is 1. The number of nitrogens with one attached hydrogen (secondary N) is 2. The van der Waals surface area contributed by atoms with Gasteiger partial charge in [-0.2, -0.15) is 0 Å². The summed E-state index contributed by atoms with van der Waals surface area (Å²) in [5, 5.41) is 5.36. The summed E-state index contributed by atoms with van der Waals surface area (Å²) in [5.41, 5.74) is 6.48. The summed E-state index contributed by atoms with van der Waals surface area (Å²) in [7, 11) is 0. The van der Waals surface area contributed by atoms with E-state index in [4.69, 9.17) is 10.5 Å². The number of nitrogens with zero attached hydrogens (tertiary/aromatic N) is 1. The van der Waals surface area contributed by atoms with Crippen LogP contribution in [0.2, 0.25) is 0 Å². The highest BCUT2D eigenvalue weighted by molar-refractivity contribution is 6.25. The van der Waals surface area contributed by atoms with E-state index in [-0.39, 0.29) is 36.4 Å². The Morgan fingerprint density at radius 1 is 1.14 bits per heavy atom. The van der Waals surface area contributed by atoms with Crippen LogP contribution in [0, 0.1) is 0 Å². The van der Waals surface area contributed by atoms with Crippen molar-refractivity contribution in [1.29, 1.82) is 0 Å². The minimum Gasteiger partial charge on any atom is -0.384 e. The molecule has 158 valence electrons. The summed E-state index contributed by atoms with van der Waals surface area (Å²) in [4.78, 5) is 50.1. The van der Waals surface area contributed by atoms with E-state index < -0.39 is 29.7 Å². The minimum absolute atomic E-state index is 0. The standard InChI is InChI=1S/C19H24N4O5.ClH/c20-8-2-10-28-11-3-9-21-13-5-1-4-12-16(13)19(27)23(18(12)26)14-6-7-15(24)22-17(14)25;/h1,4-5,14,21H,2-3,6-11,20H2,(H,22,24,25);1H. The summed E-state index contributed by atoms with van der Waals surface area (Å²) < 4.78 is 5.44. The Bertz CT molecular complexity index is 801. The van der Waals surface area contributed by atoms with Crippen molar-refractivity contribution in [2.75, 3.05) is 31.6 Å². The number of nitrogens with two attached hydrogens (primary N) is 1. The first-order valence-corrected chi connectivity index (χ1v) is 9.41. The van der Waals surface area contributed by atoms with Gasteiger partial charge < -0.3 is 15.8 Å². The molecule has 1 aromatic carbocycles. The molecule has 29 heavy (non-hydrogen) atoms. The monoisotopic (exact) mass is 424 g/mol. The lowest BCUT2D eigenvalue weighted by Gasteiger charge is -2.27. The van der Waals surface area contributed by atoms with Crippen molar-refractivity contribution in [3.05, 3.63) is 29.3 Å². The summed E-state index contributed by atoms with van der Waals surface area (Å²) in [5.74, 6) is -2.04. The second-order valence-corrected chi connectivity index (χ2v) is 6.71. The number of imide groups is 2. The molecule has 0 aromatic heterocycles. The van der Waals surface area contributed by atoms with E-state index in [9.17, 15) is 19.2 Å². The van der Waals surface area contributed by atoms with Crippen LogP contribution in [0.25, 0.3) is 0 Å². The van der Waals surface area contributed by atoms with Crippen molar-refractivity contribution >= 4 is 41.7 Å². The zero-order chi connectivity index (χ0) is 20.1. The molecule has 0 saturated carbocycles. The Hall–Kier alpha value is -2.49. The molecule has 0 bridgehead atoms. The zero-order valence-corrected chi connectivity index (χ0v) is 16.8. The number of amides is 4. The van der Waals surface area contributed by atoms with Crippen molar-refractivity contribution in [3.63, 3.8) is 0 Å². The molecule has 4 amide bonds. The minimum atomic E-state index is -0.964. The van der Waals surface area contributed by atoms with Gasteiger partial charge in [-0.3, -0.25) is 29.4 Å². The molecular weight excluding hydrogens is 400 g/mol. The Morgan fingerprint density at radius 3 is 2.62 bits per heavy atom. The number of carbonyl (C=O) groups is 4. The highest BCUT2D eigenvalue weighted by Crippen LogP contribution is 2.32. The van der Waals surface area contributed by atoms with Crippen LogP contribution in [0.4, 0.5) is 5.69 Å². The zero-order valence-electron chi connectivity index (χ0n) is 15.9. The van der Waals surface area contributed by atoms with Gasteiger partial charge in [-0.15, -0.1) is 12.4 Å². The molecule has 1 unspecified atom stereocenters. The van der Waals surface area contributed by atoms with Crippen LogP contribution in [0.15, 0.2) is 18.2 Å². The maximum atomic E-state index is 12.9. The van der Waals surface area contributed by atoms with Crippen molar-refractivity contribution in [2.45, 2.75) is 31.7 Å². The molecule has 1 aromatic rings. The van der Waals surface area contributed by atoms with Crippen molar-refractivity contribution in [1.82, 2.24) is 10.2 Å². The van der Waals surface area contributed by atoms with E-state index in [2.05, 4.69) is 10.6 Å². The van der Waals surface area contributed by atoms with E-state index in [1.807, 2.05) is 0 Å². The molecule has 9 nitrogen and oxygen atoms in total. The van der Waals surface area contributed by atoms with Crippen molar-refractivity contribution in [3.8, 4) is 0 Å². The first-order valence-electron chi connectivity index (χ1n) is 9.41. The number of halogens is 1. The van der Waals surface area contributed by atoms with E-state index in [1.54, 1.807) is 18.2 Å². The normalized spacial score (nSPS) is 18.4. The van der Waals surface area contributed by atoms with Gasteiger partial charge in [0.15, 0.2) is 0 Å². The lowest BCUT2D eigenvalue weighted by Crippen LogP contribution is -2.54. The van der Waals surface area contributed by atoms with Crippen molar-refractivity contribution in [2.24, 2.45) is 5.73 Å². The lowest BCUT2D eigenvalue weighted by molar-refractivity contribution is -0.136. The average molecular weight is 425 g/mol. The second-order valence-electron chi connectivity index (χ2n) is 6.71. The van der Waals surface area contributed by atoms with Crippen LogP contribution in [0.1, 0.15) is 46.4 Å². The molecule has 2 aliphatic rings. The Balaban J connectivity index is 0.00000300. The molecule has 1 atom stereocenters. The van der Waals surface area contributed by atoms with Gasteiger partial charge in [-0.05, 0) is 37.9 Å². The van der Waals surface area contributed by atoms with Gasteiger partial charge in [0.25, 0.3) is 11.8 Å². The third-order valence-corrected chi connectivity index (χ3v) is 4.74. The second kappa shape index (κ2) is 10.3. The van der Waals surface area contributed by atoms with Crippen LogP contribution < -0.4 is 16.4 Å². The molecule has 1 saturated heterocycles. The fourth-order valence-corrected chi connectivity index (χ4v) is 3.35. The number of benzene rings is 1. The van der Waals surface area contributed by atoms with Crippen LogP contribution in [-0.2, 0) is 14.3 Å². The number of piperidine rings is 1. The topological polar surface area (TPSA) is 131 Å². The van der Waals surface area contributed by atoms with Gasteiger partial charge in [0.1, 0.15) is 6.04 Å². The van der Waals surface area contributed by atoms with Crippen LogP contribution in [-0.4, -0.2) is 60.9 Å². The van der Waals surface area contributed by atoms with Gasteiger partial charge in [0, 0.05) is 31.9 Å². The fraction of sp³-hybridized carbons (Fsp3) is 0.474. The largest absolute Gasteiger partial charge is 0.384 e. The first kappa shape index (κ1) is 22.8. The molecule has 0 aliphatic carbocycles. The molecule has 10 heteroatoms. The molecular formula is C19H25ClN4O5. The maximum absolute atomic E-state index is 12.9. The number of rotatable bonds is 9. The Labute approximate surface area is 174 Å². The number of hydrogen-bond donors (Lipinski definition) is 3. The quantitative estimate of drug-likeness (QED) is 0.392.